The minimum atomic E-state index is 0.0869. The number of rotatable bonds is 6. The van der Waals surface area contributed by atoms with Gasteiger partial charge in [-0.15, -0.1) is 0 Å². The highest BCUT2D eigenvalue weighted by atomic mass is 32.2. The summed E-state index contributed by atoms with van der Waals surface area (Å²) < 4.78 is 0.0869. The first kappa shape index (κ1) is 16.8. The van der Waals surface area contributed by atoms with E-state index in [1.54, 1.807) is 11.8 Å². The zero-order valence-corrected chi connectivity index (χ0v) is 13.8. The van der Waals surface area contributed by atoms with Crippen LogP contribution in [-0.4, -0.2) is 45.6 Å². The lowest BCUT2D eigenvalue weighted by Gasteiger charge is -2.42. The summed E-state index contributed by atoms with van der Waals surface area (Å²) in [6, 6.07) is 0.281. The molecule has 1 aliphatic heterocycles. The molecule has 0 spiro atoms. The molecule has 0 aromatic rings. The van der Waals surface area contributed by atoms with Crippen LogP contribution in [0, 0.1) is 5.41 Å². The Balaban J connectivity index is 2.78. The lowest BCUT2D eigenvalue weighted by Crippen LogP contribution is -2.47. The Bertz CT molecular complexity index is 310. The summed E-state index contributed by atoms with van der Waals surface area (Å²) in [6.45, 7) is 12.2. The third-order valence-corrected chi connectivity index (χ3v) is 5.09. The van der Waals surface area contributed by atoms with Gasteiger partial charge in [-0.3, -0.25) is 4.79 Å². The second-order valence-electron chi connectivity index (χ2n) is 7.11. The van der Waals surface area contributed by atoms with Crippen LogP contribution in [0.1, 0.15) is 53.9 Å². The van der Waals surface area contributed by atoms with Crippen molar-refractivity contribution in [1.29, 1.82) is 0 Å². The fraction of sp³-hybridized carbons (Fsp3) is 0.933. The van der Waals surface area contributed by atoms with Gasteiger partial charge in [-0.1, -0.05) is 34.6 Å². The second kappa shape index (κ2) is 6.49. The number of thioether (sulfide) groups is 1. The third kappa shape index (κ3) is 4.99. The van der Waals surface area contributed by atoms with Crippen LogP contribution in [0.15, 0.2) is 0 Å². The van der Waals surface area contributed by atoms with E-state index in [9.17, 15) is 4.79 Å². The molecule has 1 rings (SSSR count). The monoisotopic (exact) mass is 287 g/mol. The Morgan fingerprint density at radius 2 is 1.95 bits per heavy atom. The fourth-order valence-electron chi connectivity index (χ4n) is 2.73. The van der Waals surface area contributed by atoms with Gasteiger partial charge in [-0.2, -0.15) is 11.8 Å². The lowest BCUT2D eigenvalue weighted by molar-refractivity contribution is -0.132. The van der Waals surface area contributed by atoms with E-state index in [2.05, 4.69) is 39.5 Å². The van der Waals surface area contributed by atoms with Crippen LogP contribution in [0.3, 0.4) is 0 Å². The van der Waals surface area contributed by atoms with Crippen LogP contribution in [0.4, 0.5) is 0 Å². The average Bonchev–Trinajstić information content (AvgIpc) is 2.68. The summed E-state index contributed by atoms with van der Waals surface area (Å²) in [7, 11) is 0. The first-order chi connectivity index (χ1) is 8.67. The number of aliphatic hydroxyl groups is 1. The van der Waals surface area contributed by atoms with E-state index in [0.717, 1.165) is 25.1 Å². The predicted molar refractivity (Wildman–Crippen MR) is 82.4 cm³/mol. The molecule has 1 aliphatic rings. The number of aliphatic hydroxyl groups excluding tert-OH is 1. The Labute approximate surface area is 122 Å². The molecule has 0 aromatic heterocycles. The quantitative estimate of drug-likeness (QED) is 0.816. The molecule has 1 N–H and O–H groups in total. The van der Waals surface area contributed by atoms with E-state index < -0.39 is 0 Å². The van der Waals surface area contributed by atoms with Crippen LogP contribution in [0.2, 0.25) is 0 Å². The molecule has 1 saturated heterocycles. The van der Waals surface area contributed by atoms with Crippen molar-refractivity contribution in [2.45, 2.75) is 64.7 Å². The second-order valence-corrected chi connectivity index (χ2v) is 8.91. The van der Waals surface area contributed by atoms with Crippen molar-refractivity contribution in [2.75, 3.05) is 18.9 Å². The van der Waals surface area contributed by atoms with Crippen molar-refractivity contribution in [3.8, 4) is 0 Å². The summed E-state index contributed by atoms with van der Waals surface area (Å²) >= 11 is 1.80. The Hall–Kier alpha value is -0.220. The molecule has 0 saturated carbocycles. The highest BCUT2D eigenvalue weighted by Gasteiger charge is 2.39. The largest absolute Gasteiger partial charge is 0.396 e. The van der Waals surface area contributed by atoms with Crippen molar-refractivity contribution >= 4 is 17.7 Å². The predicted octanol–water partition coefficient (Wildman–Crippen LogP) is 2.92. The molecule has 3 nitrogen and oxygen atoms in total. The van der Waals surface area contributed by atoms with Gasteiger partial charge in [0.05, 0.1) is 6.61 Å². The summed E-state index contributed by atoms with van der Waals surface area (Å²) in [5.74, 6) is 1.07. The SMILES string of the molecule is CC(C)(CC(N1CCCC1=O)C(C)(C)C)SCCO. The summed E-state index contributed by atoms with van der Waals surface area (Å²) in [4.78, 5) is 14.1. The first-order valence-corrected chi connectivity index (χ1v) is 8.20. The van der Waals surface area contributed by atoms with Gasteiger partial charge in [0.1, 0.15) is 0 Å². The van der Waals surface area contributed by atoms with Crippen LogP contribution in [-0.2, 0) is 4.79 Å². The van der Waals surface area contributed by atoms with E-state index in [4.69, 9.17) is 5.11 Å². The molecule has 1 heterocycles. The zero-order valence-electron chi connectivity index (χ0n) is 13.0. The molecular weight excluding hydrogens is 258 g/mol. The fourth-order valence-corrected chi connectivity index (χ4v) is 3.65. The van der Waals surface area contributed by atoms with E-state index in [1.807, 2.05) is 0 Å². The molecule has 4 heteroatoms. The van der Waals surface area contributed by atoms with Gasteiger partial charge >= 0.3 is 0 Å². The topological polar surface area (TPSA) is 40.5 Å². The van der Waals surface area contributed by atoms with E-state index in [1.165, 1.54) is 0 Å². The van der Waals surface area contributed by atoms with Crippen molar-refractivity contribution < 1.29 is 9.90 Å². The van der Waals surface area contributed by atoms with Gasteiger partial charge in [-0.05, 0) is 18.3 Å². The molecule has 1 amide bonds. The molecule has 19 heavy (non-hydrogen) atoms. The van der Waals surface area contributed by atoms with Crippen LogP contribution in [0.25, 0.3) is 0 Å². The summed E-state index contributed by atoms with van der Waals surface area (Å²) in [5, 5.41) is 8.99. The minimum Gasteiger partial charge on any atom is -0.396 e. The molecule has 1 unspecified atom stereocenters. The molecule has 0 bridgehead atoms. The van der Waals surface area contributed by atoms with E-state index in [0.29, 0.717) is 12.3 Å². The lowest BCUT2D eigenvalue weighted by atomic mass is 9.80. The maximum Gasteiger partial charge on any atom is 0.222 e. The molecule has 0 aliphatic carbocycles. The molecule has 0 radical (unpaired) electrons. The van der Waals surface area contributed by atoms with Gasteiger partial charge in [-0.25, -0.2) is 0 Å². The number of carbonyl (C=O) groups excluding carboxylic acids is 1. The molecule has 1 atom stereocenters. The summed E-state index contributed by atoms with van der Waals surface area (Å²) in [6.07, 6.45) is 2.68. The normalized spacial score (nSPS) is 19.1. The van der Waals surface area contributed by atoms with Gasteiger partial charge in [0.25, 0.3) is 0 Å². The maximum atomic E-state index is 12.0. The molecular formula is C15H29NO2S. The van der Waals surface area contributed by atoms with Crippen LogP contribution >= 0.6 is 11.8 Å². The molecule has 1 fully saturated rings. The van der Waals surface area contributed by atoms with Crippen molar-refractivity contribution in [2.24, 2.45) is 5.41 Å². The third-order valence-electron chi connectivity index (χ3n) is 3.75. The highest BCUT2D eigenvalue weighted by Crippen LogP contribution is 2.38. The molecule has 112 valence electrons. The Morgan fingerprint density at radius 1 is 1.32 bits per heavy atom. The number of carbonyl (C=O) groups is 1. The van der Waals surface area contributed by atoms with Crippen molar-refractivity contribution in [3.63, 3.8) is 0 Å². The van der Waals surface area contributed by atoms with Gasteiger partial charge in [0.15, 0.2) is 0 Å². The van der Waals surface area contributed by atoms with Gasteiger partial charge in [0.2, 0.25) is 5.91 Å². The Morgan fingerprint density at radius 3 is 2.37 bits per heavy atom. The van der Waals surface area contributed by atoms with Gasteiger partial charge < -0.3 is 10.0 Å². The molecule has 0 aromatic carbocycles. The standard InChI is InChI=1S/C15H29NO2S/c1-14(2,3)12(16-8-6-7-13(16)18)11-15(4,5)19-10-9-17/h12,17H,6-11H2,1-5H3. The zero-order chi connectivity index (χ0) is 14.7. The van der Waals surface area contributed by atoms with Crippen molar-refractivity contribution in [1.82, 2.24) is 4.90 Å². The number of hydrogen-bond donors (Lipinski definition) is 1. The first-order valence-electron chi connectivity index (χ1n) is 7.22. The number of nitrogens with zero attached hydrogens (tertiary/aromatic N) is 1. The van der Waals surface area contributed by atoms with E-state index in [-0.39, 0.29) is 22.8 Å². The maximum absolute atomic E-state index is 12.0. The smallest absolute Gasteiger partial charge is 0.222 e. The van der Waals surface area contributed by atoms with Gasteiger partial charge in [0, 0.05) is 29.5 Å². The van der Waals surface area contributed by atoms with Crippen LogP contribution < -0.4 is 0 Å². The highest BCUT2D eigenvalue weighted by molar-refractivity contribution is 8.00. The number of amides is 1. The average molecular weight is 287 g/mol. The Kier molecular flexibility index (Phi) is 5.75. The minimum absolute atomic E-state index is 0.0869. The van der Waals surface area contributed by atoms with Crippen molar-refractivity contribution in [3.05, 3.63) is 0 Å². The number of hydrogen-bond acceptors (Lipinski definition) is 3. The summed E-state index contributed by atoms with van der Waals surface area (Å²) in [5.41, 5.74) is 0.0943. The van der Waals surface area contributed by atoms with Crippen LogP contribution in [0.5, 0.6) is 0 Å². The number of likely N-dealkylation sites (tertiary alicyclic amines) is 1. The van der Waals surface area contributed by atoms with E-state index >= 15 is 0 Å².